The number of nitrogens with zero attached hydrogens (tertiary/aromatic N) is 3. The fourth-order valence-corrected chi connectivity index (χ4v) is 2.31. The van der Waals surface area contributed by atoms with Gasteiger partial charge in [0.05, 0.1) is 6.42 Å². The molecule has 0 aromatic carbocycles. The zero-order valence-electron chi connectivity index (χ0n) is 11.5. The van der Waals surface area contributed by atoms with Crippen molar-refractivity contribution in [1.29, 1.82) is 0 Å². The van der Waals surface area contributed by atoms with Crippen molar-refractivity contribution < 1.29 is 4.79 Å². The number of allylic oxidation sites excluding steroid dienone is 1. The van der Waals surface area contributed by atoms with Gasteiger partial charge >= 0.3 is 0 Å². The molecule has 2 N–H and O–H groups in total. The van der Waals surface area contributed by atoms with E-state index in [1.807, 2.05) is 53.9 Å². The monoisotopic (exact) mass is 271 g/mol. The first kappa shape index (κ1) is 12.7. The van der Waals surface area contributed by atoms with Gasteiger partial charge in [0, 0.05) is 30.8 Å². The molecule has 104 valence electrons. The quantitative estimate of drug-likeness (QED) is 0.861. The number of imidazole rings is 1. The number of carbonyl (C=O) groups is 1. The molecule has 20 heavy (non-hydrogen) atoms. The molecule has 0 fully saturated rings. The largest absolute Gasteiger partial charge is 0.335 e. The second-order valence-corrected chi connectivity index (χ2v) is 4.89. The van der Waals surface area contributed by atoms with E-state index in [2.05, 4.69) is 15.7 Å². The zero-order valence-corrected chi connectivity index (χ0v) is 11.5. The van der Waals surface area contributed by atoms with Crippen LogP contribution < -0.4 is 10.7 Å². The Labute approximate surface area is 117 Å². The summed E-state index contributed by atoms with van der Waals surface area (Å²) in [5.74, 6) is -0.0250. The van der Waals surface area contributed by atoms with Crippen LogP contribution >= 0.6 is 0 Å². The Bertz CT molecular complexity index is 675. The summed E-state index contributed by atoms with van der Waals surface area (Å²) >= 11 is 0. The van der Waals surface area contributed by atoms with Crippen molar-refractivity contribution in [1.82, 2.24) is 25.1 Å². The summed E-state index contributed by atoms with van der Waals surface area (Å²) in [5, 5.41) is 4.83. The Kier molecular flexibility index (Phi) is 3.15. The molecule has 0 radical (unpaired) electrons. The molecule has 0 aliphatic carbocycles. The van der Waals surface area contributed by atoms with Crippen LogP contribution in [-0.2, 0) is 11.2 Å². The van der Waals surface area contributed by atoms with Gasteiger partial charge in [-0.2, -0.15) is 0 Å². The second-order valence-electron chi connectivity index (χ2n) is 4.89. The van der Waals surface area contributed by atoms with Gasteiger partial charge in [-0.05, 0) is 25.1 Å². The van der Waals surface area contributed by atoms with Crippen LogP contribution in [0.3, 0.4) is 0 Å². The van der Waals surface area contributed by atoms with E-state index in [1.54, 1.807) is 6.20 Å². The van der Waals surface area contributed by atoms with Gasteiger partial charge in [0.25, 0.3) is 0 Å². The topological polar surface area (TPSA) is 61.7 Å². The van der Waals surface area contributed by atoms with E-state index in [0.717, 1.165) is 17.0 Å². The highest BCUT2D eigenvalue weighted by molar-refractivity contribution is 5.79. The van der Waals surface area contributed by atoms with Crippen molar-refractivity contribution in [3.05, 3.63) is 48.1 Å². The molecule has 1 aliphatic rings. The first-order chi connectivity index (χ1) is 9.63. The van der Waals surface area contributed by atoms with E-state index in [-0.39, 0.29) is 12.1 Å². The normalized spacial score (nSPS) is 18.4. The number of hydrogen-bond acceptors (Lipinski definition) is 4. The van der Waals surface area contributed by atoms with E-state index in [0.29, 0.717) is 6.42 Å². The number of nitrogens with one attached hydrogen (secondary N) is 2. The van der Waals surface area contributed by atoms with Gasteiger partial charge in [-0.25, -0.2) is 10.4 Å². The Hall–Kier alpha value is -2.34. The van der Waals surface area contributed by atoms with Gasteiger partial charge in [0.2, 0.25) is 5.91 Å². The first-order valence-corrected chi connectivity index (χ1v) is 6.52. The van der Waals surface area contributed by atoms with Crippen LogP contribution in [0.25, 0.3) is 5.65 Å². The van der Waals surface area contributed by atoms with Crippen molar-refractivity contribution in [3.8, 4) is 0 Å². The summed E-state index contributed by atoms with van der Waals surface area (Å²) in [7, 11) is 1.92. The Morgan fingerprint density at radius 1 is 1.50 bits per heavy atom. The molecule has 2 aromatic heterocycles. The van der Waals surface area contributed by atoms with Crippen LogP contribution in [0, 0.1) is 0 Å². The fraction of sp³-hybridized carbons (Fsp3) is 0.286. The van der Waals surface area contributed by atoms with E-state index in [9.17, 15) is 4.79 Å². The molecule has 6 heteroatoms. The van der Waals surface area contributed by atoms with E-state index in [1.165, 1.54) is 0 Å². The van der Waals surface area contributed by atoms with Gasteiger partial charge in [-0.3, -0.25) is 4.79 Å². The first-order valence-electron chi connectivity index (χ1n) is 6.52. The fourth-order valence-electron chi connectivity index (χ4n) is 2.31. The standard InChI is InChI=1S/C14H17N5O/c1-10-8-12(17-18(10)2)16-14(20)9-11-4-3-5-13-15-6-7-19(11)13/h3-8,12,17H,9H2,1-2H3,(H,16,20). The Balaban J connectivity index is 1.69. The van der Waals surface area contributed by atoms with E-state index < -0.39 is 0 Å². The van der Waals surface area contributed by atoms with Crippen molar-refractivity contribution >= 4 is 11.6 Å². The molecular weight excluding hydrogens is 254 g/mol. The second kappa shape index (κ2) is 4.97. The highest BCUT2D eigenvalue weighted by Crippen LogP contribution is 2.08. The Morgan fingerprint density at radius 2 is 2.35 bits per heavy atom. The number of carbonyl (C=O) groups excluding carboxylic acids is 1. The molecule has 6 nitrogen and oxygen atoms in total. The van der Waals surface area contributed by atoms with Gasteiger partial charge < -0.3 is 14.7 Å². The lowest BCUT2D eigenvalue weighted by molar-refractivity contribution is -0.121. The van der Waals surface area contributed by atoms with Gasteiger partial charge in [0.15, 0.2) is 0 Å². The Morgan fingerprint density at radius 3 is 3.10 bits per heavy atom. The van der Waals surface area contributed by atoms with Gasteiger partial charge in [-0.15, -0.1) is 0 Å². The van der Waals surface area contributed by atoms with Crippen molar-refractivity contribution in [2.24, 2.45) is 0 Å². The van der Waals surface area contributed by atoms with Crippen LogP contribution in [-0.4, -0.2) is 33.5 Å². The number of hydrogen-bond donors (Lipinski definition) is 2. The molecule has 0 saturated carbocycles. The molecule has 3 rings (SSSR count). The number of pyridine rings is 1. The van der Waals surface area contributed by atoms with Crippen molar-refractivity contribution in [3.63, 3.8) is 0 Å². The van der Waals surface area contributed by atoms with Crippen molar-refractivity contribution in [2.75, 3.05) is 7.05 Å². The van der Waals surface area contributed by atoms with Gasteiger partial charge in [0.1, 0.15) is 11.8 Å². The molecule has 0 saturated heterocycles. The maximum atomic E-state index is 12.1. The maximum absolute atomic E-state index is 12.1. The molecule has 1 unspecified atom stereocenters. The molecule has 0 spiro atoms. The minimum Gasteiger partial charge on any atom is -0.335 e. The molecule has 1 amide bonds. The molecular formula is C14H17N5O. The summed E-state index contributed by atoms with van der Waals surface area (Å²) in [5.41, 5.74) is 6.00. The zero-order chi connectivity index (χ0) is 14.1. The number of hydrazine groups is 1. The number of amides is 1. The molecule has 3 heterocycles. The summed E-state index contributed by atoms with van der Waals surface area (Å²) in [6, 6.07) is 5.77. The average Bonchev–Trinajstić information content (AvgIpc) is 2.98. The number of aromatic nitrogens is 2. The predicted octanol–water partition coefficient (Wildman–Crippen LogP) is 0.673. The smallest absolute Gasteiger partial charge is 0.227 e. The number of rotatable bonds is 3. The molecule has 2 aromatic rings. The SMILES string of the molecule is CC1=CC(NC(=O)Cc2cccc3nccn23)NN1C. The molecule has 0 bridgehead atoms. The highest BCUT2D eigenvalue weighted by Gasteiger charge is 2.18. The van der Waals surface area contributed by atoms with Crippen LogP contribution in [0.2, 0.25) is 0 Å². The lowest BCUT2D eigenvalue weighted by Gasteiger charge is -2.17. The lowest BCUT2D eigenvalue weighted by atomic mass is 10.2. The maximum Gasteiger partial charge on any atom is 0.227 e. The van der Waals surface area contributed by atoms with Gasteiger partial charge in [-0.1, -0.05) is 6.07 Å². The van der Waals surface area contributed by atoms with E-state index >= 15 is 0 Å². The highest BCUT2D eigenvalue weighted by atomic mass is 16.1. The minimum atomic E-state index is -0.144. The molecule has 1 aliphatic heterocycles. The van der Waals surface area contributed by atoms with Crippen LogP contribution in [0.5, 0.6) is 0 Å². The van der Waals surface area contributed by atoms with Crippen LogP contribution in [0.4, 0.5) is 0 Å². The minimum absolute atomic E-state index is 0.0250. The summed E-state index contributed by atoms with van der Waals surface area (Å²) in [6.45, 7) is 1.99. The third-order valence-corrected chi connectivity index (χ3v) is 3.44. The van der Waals surface area contributed by atoms with Crippen molar-refractivity contribution in [2.45, 2.75) is 19.5 Å². The van der Waals surface area contributed by atoms with Crippen LogP contribution in [0.1, 0.15) is 12.6 Å². The number of fused-ring (bicyclic) bond motifs is 1. The third kappa shape index (κ3) is 2.37. The molecule has 1 atom stereocenters. The summed E-state index contributed by atoms with van der Waals surface area (Å²) < 4.78 is 1.93. The average molecular weight is 271 g/mol. The third-order valence-electron chi connectivity index (χ3n) is 3.44. The summed E-state index contributed by atoms with van der Waals surface area (Å²) in [4.78, 5) is 16.3. The van der Waals surface area contributed by atoms with Crippen LogP contribution in [0.15, 0.2) is 42.4 Å². The summed E-state index contributed by atoms with van der Waals surface area (Å²) in [6.07, 6.45) is 5.76. The van der Waals surface area contributed by atoms with E-state index in [4.69, 9.17) is 0 Å². The predicted molar refractivity (Wildman–Crippen MR) is 75.5 cm³/mol. The lowest BCUT2D eigenvalue weighted by Crippen LogP contribution is -2.46.